The van der Waals surface area contributed by atoms with Crippen LogP contribution in [-0.4, -0.2) is 19.0 Å². The minimum absolute atomic E-state index is 0.178. The standard InChI is InChI=1S/C17H26N2O/c1-3-8-17(9-11-18-12-10-17)16(20)19-15-7-5-6-14(4-2)13-15/h5-7,13,18H,3-4,8-12H2,1-2H3,(H,19,20). The largest absolute Gasteiger partial charge is 0.326 e. The Hall–Kier alpha value is -1.35. The van der Waals surface area contributed by atoms with E-state index in [1.807, 2.05) is 12.1 Å². The maximum absolute atomic E-state index is 12.7. The highest BCUT2D eigenvalue weighted by Crippen LogP contribution is 2.35. The highest BCUT2D eigenvalue weighted by atomic mass is 16.2. The molecule has 3 heteroatoms. The molecule has 0 aliphatic carbocycles. The fraction of sp³-hybridized carbons (Fsp3) is 0.588. The Bertz CT molecular complexity index is 445. The van der Waals surface area contributed by atoms with E-state index in [2.05, 4.69) is 36.6 Å². The minimum atomic E-state index is -0.178. The van der Waals surface area contributed by atoms with Gasteiger partial charge in [-0.05, 0) is 56.5 Å². The molecule has 20 heavy (non-hydrogen) atoms. The van der Waals surface area contributed by atoms with E-state index in [0.717, 1.165) is 50.9 Å². The van der Waals surface area contributed by atoms with Gasteiger partial charge in [-0.1, -0.05) is 32.4 Å². The molecule has 0 aromatic heterocycles. The van der Waals surface area contributed by atoms with Crippen LogP contribution in [-0.2, 0) is 11.2 Å². The van der Waals surface area contributed by atoms with E-state index in [1.165, 1.54) is 5.56 Å². The van der Waals surface area contributed by atoms with Gasteiger partial charge in [0, 0.05) is 5.69 Å². The van der Waals surface area contributed by atoms with Gasteiger partial charge in [0.25, 0.3) is 0 Å². The SMILES string of the molecule is CCCC1(C(=O)Nc2cccc(CC)c2)CCNCC1. The fourth-order valence-corrected chi connectivity index (χ4v) is 3.11. The molecule has 0 bridgehead atoms. The lowest BCUT2D eigenvalue weighted by molar-refractivity contribution is -0.127. The van der Waals surface area contributed by atoms with Crippen LogP contribution in [0.1, 0.15) is 45.1 Å². The number of nitrogens with one attached hydrogen (secondary N) is 2. The second-order valence-corrected chi connectivity index (χ2v) is 5.79. The molecule has 1 aromatic rings. The molecule has 110 valence electrons. The predicted octanol–water partition coefficient (Wildman–Crippen LogP) is 3.36. The van der Waals surface area contributed by atoms with Crippen LogP contribution in [0.15, 0.2) is 24.3 Å². The maximum atomic E-state index is 12.7. The van der Waals surface area contributed by atoms with Gasteiger partial charge in [0.15, 0.2) is 0 Å². The van der Waals surface area contributed by atoms with Crippen molar-refractivity contribution in [1.82, 2.24) is 5.32 Å². The van der Waals surface area contributed by atoms with Crippen molar-refractivity contribution in [2.45, 2.75) is 46.0 Å². The molecule has 2 rings (SSSR count). The van der Waals surface area contributed by atoms with Crippen LogP contribution in [0.25, 0.3) is 0 Å². The number of rotatable bonds is 5. The van der Waals surface area contributed by atoms with Crippen LogP contribution in [0.2, 0.25) is 0 Å². The summed E-state index contributed by atoms with van der Waals surface area (Å²) in [6.45, 7) is 6.19. The first kappa shape index (κ1) is 15.0. The number of amides is 1. The van der Waals surface area contributed by atoms with Gasteiger partial charge < -0.3 is 10.6 Å². The Morgan fingerprint density at radius 3 is 2.70 bits per heavy atom. The number of hydrogen-bond acceptors (Lipinski definition) is 2. The third-order valence-corrected chi connectivity index (χ3v) is 4.36. The third-order valence-electron chi connectivity index (χ3n) is 4.36. The van der Waals surface area contributed by atoms with Crippen molar-refractivity contribution in [3.05, 3.63) is 29.8 Å². The second kappa shape index (κ2) is 6.89. The molecule has 2 N–H and O–H groups in total. The summed E-state index contributed by atoms with van der Waals surface area (Å²) < 4.78 is 0. The zero-order valence-corrected chi connectivity index (χ0v) is 12.7. The summed E-state index contributed by atoms with van der Waals surface area (Å²) in [5.41, 5.74) is 2.02. The molecule has 0 unspecified atom stereocenters. The lowest BCUT2D eigenvalue weighted by atomic mass is 9.74. The van der Waals surface area contributed by atoms with E-state index in [4.69, 9.17) is 0 Å². The lowest BCUT2D eigenvalue weighted by Crippen LogP contribution is -2.44. The van der Waals surface area contributed by atoms with Gasteiger partial charge in [-0.25, -0.2) is 0 Å². The summed E-state index contributed by atoms with van der Waals surface area (Å²) in [5, 5.41) is 6.50. The molecule has 0 atom stereocenters. The van der Waals surface area contributed by atoms with Gasteiger partial charge in [-0.2, -0.15) is 0 Å². The minimum Gasteiger partial charge on any atom is -0.326 e. The molecule has 1 heterocycles. The molecule has 1 aromatic carbocycles. The zero-order valence-electron chi connectivity index (χ0n) is 12.7. The van der Waals surface area contributed by atoms with Crippen LogP contribution in [0.3, 0.4) is 0 Å². The molecule has 1 amide bonds. The second-order valence-electron chi connectivity index (χ2n) is 5.79. The molecule has 1 fully saturated rings. The Labute approximate surface area is 122 Å². The van der Waals surface area contributed by atoms with Crippen LogP contribution in [0.4, 0.5) is 5.69 Å². The molecular formula is C17H26N2O. The summed E-state index contributed by atoms with van der Waals surface area (Å²) in [6.07, 6.45) is 4.92. The molecular weight excluding hydrogens is 248 g/mol. The van der Waals surface area contributed by atoms with Gasteiger partial charge >= 0.3 is 0 Å². The smallest absolute Gasteiger partial charge is 0.230 e. The van der Waals surface area contributed by atoms with Gasteiger partial charge in [0.2, 0.25) is 5.91 Å². The van der Waals surface area contributed by atoms with E-state index < -0.39 is 0 Å². The number of benzene rings is 1. The van der Waals surface area contributed by atoms with E-state index in [9.17, 15) is 4.79 Å². The van der Waals surface area contributed by atoms with Crippen molar-refractivity contribution in [1.29, 1.82) is 0 Å². The first-order valence-corrected chi connectivity index (χ1v) is 7.81. The first-order valence-electron chi connectivity index (χ1n) is 7.81. The van der Waals surface area contributed by atoms with Gasteiger partial charge in [0.1, 0.15) is 0 Å². The molecule has 0 spiro atoms. The Kier molecular flexibility index (Phi) is 5.18. The Morgan fingerprint density at radius 2 is 2.05 bits per heavy atom. The van der Waals surface area contributed by atoms with E-state index >= 15 is 0 Å². The molecule has 1 aliphatic heterocycles. The van der Waals surface area contributed by atoms with E-state index in [-0.39, 0.29) is 11.3 Å². The monoisotopic (exact) mass is 274 g/mol. The molecule has 1 saturated heterocycles. The summed E-state index contributed by atoms with van der Waals surface area (Å²) >= 11 is 0. The Balaban J connectivity index is 2.11. The zero-order chi connectivity index (χ0) is 14.4. The summed E-state index contributed by atoms with van der Waals surface area (Å²) in [7, 11) is 0. The van der Waals surface area contributed by atoms with Crippen LogP contribution >= 0.6 is 0 Å². The van der Waals surface area contributed by atoms with Crippen LogP contribution in [0, 0.1) is 5.41 Å². The van der Waals surface area contributed by atoms with Gasteiger partial charge in [-0.3, -0.25) is 4.79 Å². The van der Waals surface area contributed by atoms with E-state index in [1.54, 1.807) is 0 Å². The first-order chi connectivity index (χ1) is 9.70. The number of piperidine rings is 1. The lowest BCUT2D eigenvalue weighted by Gasteiger charge is -2.36. The normalized spacial score (nSPS) is 17.7. The molecule has 1 aliphatic rings. The van der Waals surface area contributed by atoms with Crippen LogP contribution in [0.5, 0.6) is 0 Å². The van der Waals surface area contributed by atoms with Crippen molar-refractivity contribution >= 4 is 11.6 Å². The third kappa shape index (κ3) is 3.40. The summed E-state index contributed by atoms with van der Waals surface area (Å²) in [6, 6.07) is 8.18. The molecule has 3 nitrogen and oxygen atoms in total. The topological polar surface area (TPSA) is 41.1 Å². The van der Waals surface area contributed by atoms with Crippen molar-refractivity contribution in [3.63, 3.8) is 0 Å². The average molecular weight is 274 g/mol. The van der Waals surface area contributed by atoms with Crippen molar-refractivity contribution in [3.8, 4) is 0 Å². The Morgan fingerprint density at radius 1 is 1.30 bits per heavy atom. The number of aryl methyl sites for hydroxylation is 1. The van der Waals surface area contributed by atoms with Crippen molar-refractivity contribution in [2.75, 3.05) is 18.4 Å². The summed E-state index contributed by atoms with van der Waals surface area (Å²) in [5.74, 6) is 0.203. The van der Waals surface area contributed by atoms with Crippen molar-refractivity contribution in [2.24, 2.45) is 5.41 Å². The highest BCUT2D eigenvalue weighted by molar-refractivity contribution is 5.95. The quantitative estimate of drug-likeness (QED) is 0.864. The summed E-state index contributed by atoms with van der Waals surface area (Å²) in [4.78, 5) is 12.7. The van der Waals surface area contributed by atoms with E-state index in [0.29, 0.717) is 0 Å². The van der Waals surface area contributed by atoms with Gasteiger partial charge in [-0.15, -0.1) is 0 Å². The number of carbonyl (C=O) groups is 1. The maximum Gasteiger partial charge on any atom is 0.230 e. The van der Waals surface area contributed by atoms with Crippen molar-refractivity contribution < 1.29 is 4.79 Å². The van der Waals surface area contributed by atoms with Gasteiger partial charge in [0.05, 0.1) is 5.41 Å². The highest BCUT2D eigenvalue weighted by Gasteiger charge is 2.38. The molecule has 0 saturated carbocycles. The fourth-order valence-electron chi connectivity index (χ4n) is 3.11. The predicted molar refractivity (Wildman–Crippen MR) is 83.9 cm³/mol. The average Bonchev–Trinajstić information content (AvgIpc) is 2.48. The molecule has 0 radical (unpaired) electrons. The number of carbonyl (C=O) groups excluding carboxylic acids is 1. The number of hydrogen-bond donors (Lipinski definition) is 2. The van der Waals surface area contributed by atoms with Crippen LogP contribution < -0.4 is 10.6 Å². The number of anilines is 1.